The summed E-state index contributed by atoms with van der Waals surface area (Å²) >= 11 is 1.39. The number of hydrogen-bond donors (Lipinski definition) is 3. The maximum Gasteiger partial charge on any atom is 0.202 e. The van der Waals surface area contributed by atoms with Gasteiger partial charge in [0, 0.05) is 5.56 Å². The van der Waals surface area contributed by atoms with Crippen molar-refractivity contribution in [1.82, 2.24) is 0 Å². The SMILES string of the molecule is N#C/C(=N\Nc1ccc(C(=O)c2cccs2)cc1)C(=N)N. The molecule has 1 aromatic heterocycles. The number of carbonyl (C=O) groups excluding carboxylic acids is 1. The van der Waals surface area contributed by atoms with Crippen molar-refractivity contribution < 1.29 is 4.79 Å². The van der Waals surface area contributed by atoms with Crippen LogP contribution in [-0.4, -0.2) is 17.3 Å². The predicted octanol–water partition coefficient (Wildman–Crippen LogP) is 2.21. The van der Waals surface area contributed by atoms with Gasteiger partial charge in [0.1, 0.15) is 6.07 Å². The average Bonchev–Trinajstić information content (AvgIpc) is 3.01. The summed E-state index contributed by atoms with van der Waals surface area (Å²) in [6, 6.07) is 12.0. The second-order valence-electron chi connectivity index (χ2n) is 3.98. The van der Waals surface area contributed by atoms with Crippen molar-refractivity contribution in [2.75, 3.05) is 5.43 Å². The van der Waals surface area contributed by atoms with E-state index in [4.69, 9.17) is 16.4 Å². The predicted molar refractivity (Wildman–Crippen MR) is 82.8 cm³/mol. The molecule has 2 aromatic rings. The molecule has 0 aliphatic carbocycles. The molecule has 1 heterocycles. The Morgan fingerprint density at radius 2 is 2.05 bits per heavy atom. The van der Waals surface area contributed by atoms with Crippen molar-refractivity contribution in [3.05, 3.63) is 52.2 Å². The molecule has 0 bridgehead atoms. The van der Waals surface area contributed by atoms with E-state index >= 15 is 0 Å². The fraction of sp³-hybridized carbons (Fsp3) is 0. The molecule has 0 aliphatic rings. The van der Waals surface area contributed by atoms with Gasteiger partial charge >= 0.3 is 0 Å². The van der Waals surface area contributed by atoms with Crippen molar-refractivity contribution in [3.63, 3.8) is 0 Å². The van der Waals surface area contributed by atoms with Crippen LogP contribution in [0, 0.1) is 16.7 Å². The van der Waals surface area contributed by atoms with Gasteiger partial charge in [-0.25, -0.2) is 0 Å². The quantitative estimate of drug-likeness (QED) is 0.339. The standard InChI is InChI=1S/C14H11N5OS/c15-8-11(14(16)17)19-18-10-5-3-9(4-6-10)13(20)12-2-1-7-21-12/h1-7,18H,(H3,16,17)/b19-11+. The minimum Gasteiger partial charge on any atom is -0.382 e. The molecule has 0 fully saturated rings. The number of ketones is 1. The van der Waals surface area contributed by atoms with Gasteiger partial charge in [0.05, 0.1) is 10.6 Å². The third kappa shape index (κ3) is 3.52. The summed E-state index contributed by atoms with van der Waals surface area (Å²) in [6.07, 6.45) is 0. The second kappa shape index (κ2) is 6.45. The van der Waals surface area contributed by atoms with Gasteiger partial charge in [-0.05, 0) is 35.7 Å². The maximum absolute atomic E-state index is 12.1. The molecular weight excluding hydrogens is 286 g/mol. The van der Waals surface area contributed by atoms with E-state index in [9.17, 15) is 4.79 Å². The lowest BCUT2D eigenvalue weighted by atomic mass is 10.1. The summed E-state index contributed by atoms with van der Waals surface area (Å²) in [5.74, 6) is -0.448. The molecule has 2 rings (SSSR count). The third-order valence-electron chi connectivity index (χ3n) is 2.55. The van der Waals surface area contributed by atoms with Crippen molar-refractivity contribution in [3.8, 4) is 6.07 Å². The number of anilines is 1. The lowest BCUT2D eigenvalue weighted by Crippen LogP contribution is -2.21. The summed E-state index contributed by atoms with van der Waals surface area (Å²) < 4.78 is 0. The van der Waals surface area contributed by atoms with Crippen LogP contribution in [0.2, 0.25) is 0 Å². The number of nitriles is 1. The number of carbonyl (C=O) groups is 1. The van der Waals surface area contributed by atoms with Crippen LogP contribution in [0.25, 0.3) is 0 Å². The van der Waals surface area contributed by atoms with Crippen molar-refractivity contribution >= 4 is 34.4 Å². The van der Waals surface area contributed by atoms with Gasteiger partial charge in [-0.2, -0.15) is 10.4 Å². The first-order valence-corrected chi connectivity index (χ1v) is 6.76. The Morgan fingerprint density at radius 1 is 1.33 bits per heavy atom. The highest BCUT2D eigenvalue weighted by molar-refractivity contribution is 7.12. The van der Waals surface area contributed by atoms with E-state index < -0.39 is 5.84 Å². The Labute approximate surface area is 125 Å². The van der Waals surface area contributed by atoms with Crippen LogP contribution in [0.1, 0.15) is 15.2 Å². The summed E-state index contributed by atoms with van der Waals surface area (Å²) in [5, 5.41) is 21.4. The number of thiophene rings is 1. The van der Waals surface area contributed by atoms with E-state index in [-0.39, 0.29) is 11.5 Å². The van der Waals surface area contributed by atoms with E-state index in [0.29, 0.717) is 16.1 Å². The van der Waals surface area contributed by atoms with Crippen LogP contribution in [-0.2, 0) is 0 Å². The Balaban J connectivity index is 2.11. The molecule has 1 aromatic carbocycles. The summed E-state index contributed by atoms with van der Waals surface area (Å²) in [6.45, 7) is 0. The zero-order valence-electron chi connectivity index (χ0n) is 10.8. The van der Waals surface area contributed by atoms with Crippen LogP contribution in [0.3, 0.4) is 0 Å². The Bertz CT molecular complexity index is 726. The fourth-order valence-corrected chi connectivity index (χ4v) is 2.20. The Kier molecular flexibility index (Phi) is 4.43. The Hall–Kier alpha value is -2.98. The van der Waals surface area contributed by atoms with Gasteiger partial charge in [-0.3, -0.25) is 15.6 Å². The molecule has 0 amide bonds. The second-order valence-corrected chi connectivity index (χ2v) is 4.93. The van der Waals surface area contributed by atoms with Crippen LogP contribution >= 0.6 is 11.3 Å². The van der Waals surface area contributed by atoms with Crippen LogP contribution in [0.15, 0.2) is 46.9 Å². The van der Waals surface area contributed by atoms with Gasteiger partial charge in [0.25, 0.3) is 0 Å². The van der Waals surface area contributed by atoms with Crippen LogP contribution < -0.4 is 11.2 Å². The number of nitrogens with two attached hydrogens (primary N) is 1. The highest BCUT2D eigenvalue weighted by atomic mass is 32.1. The molecule has 21 heavy (non-hydrogen) atoms. The number of amidine groups is 1. The third-order valence-corrected chi connectivity index (χ3v) is 3.42. The maximum atomic E-state index is 12.1. The fourth-order valence-electron chi connectivity index (χ4n) is 1.51. The first-order chi connectivity index (χ1) is 10.1. The molecule has 0 saturated carbocycles. The molecule has 104 valence electrons. The van der Waals surface area contributed by atoms with Crippen LogP contribution in [0.5, 0.6) is 0 Å². The van der Waals surface area contributed by atoms with E-state index in [1.165, 1.54) is 11.3 Å². The van der Waals surface area contributed by atoms with E-state index in [0.717, 1.165) is 0 Å². The highest BCUT2D eigenvalue weighted by Gasteiger charge is 2.09. The number of rotatable bonds is 5. The molecule has 0 aliphatic heterocycles. The lowest BCUT2D eigenvalue weighted by Gasteiger charge is -2.03. The smallest absolute Gasteiger partial charge is 0.202 e. The molecule has 0 saturated heterocycles. The number of benzene rings is 1. The van der Waals surface area contributed by atoms with Crippen molar-refractivity contribution in [2.24, 2.45) is 10.8 Å². The number of nitrogens with one attached hydrogen (secondary N) is 2. The zero-order chi connectivity index (χ0) is 15.2. The van der Waals surface area contributed by atoms with Gasteiger partial charge < -0.3 is 5.73 Å². The molecule has 0 spiro atoms. The molecule has 6 nitrogen and oxygen atoms in total. The number of hydrazone groups is 1. The van der Waals surface area contributed by atoms with Gasteiger partial charge in [0.15, 0.2) is 5.84 Å². The monoisotopic (exact) mass is 297 g/mol. The number of nitrogens with zero attached hydrogens (tertiary/aromatic N) is 2. The summed E-state index contributed by atoms with van der Waals surface area (Å²) in [7, 11) is 0. The minimum atomic E-state index is -0.408. The molecule has 7 heteroatoms. The zero-order valence-corrected chi connectivity index (χ0v) is 11.6. The molecule has 0 atom stereocenters. The van der Waals surface area contributed by atoms with Gasteiger partial charge in [-0.1, -0.05) is 6.07 Å². The molecular formula is C14H11N5OS. The molecule has 4 N–H and O–H groups in total. The topological polar surface area (TPSA) is 115 Å². The average molecular weight is 297 g/mol. The normalized spacial score (nSPS) is 10.7. The lowest BCUT2D eigenvalue weighted by molar-refractivity contribution is 0.104. The molecule has 0 radical (unpaired) electrons. The van der Waals surface area contributed by atoms with E-state index in [1.54, 1.807) is 36.4 Å². The highest BCUT2D eigenvalue weighted by Crippen LogP contribution is 2.17. The minimum absolute atomic E-state index is 0.0403. The number of hydrogen-bond acceptors (Lipinski definition) is 6. The van der Waals surface area contributed by atoms with E-state index in [2.05, 4.69) is 10.5 Å². The Morgan fingerprint density at radius 3 is 2.57 bits per heavy atom. The molecule has 0 unspecified atom stereocenters. The van der Waals surface area contributed by atoms with Crippen LogP contribution in [0.4, 0.5) is 5.69 Å². The first kappa shape index (κ1) is 14.4. The van der Waals surface area contributed by atoms with Crippen molar-refractivity contribution in [1.29, 1.82) is 10.7 Å². The summed E-state index contributed by atoms with van der Waals surface area (Å²) in [4.78, 5) is 12.8. The van der Waals surface area contributed by atoms with Crippen molar-refractivity contribution in [2.45, 2.75) is 0 Å². The van der Waals surface area contributed by atoms with Gasteiger partial charge in [-0.15, -0.1) is 11.3 Å². The summed E-state index contributed by atoms with van der Waals surface area (Å²) in [5.41, 5.74) is 8.75. The van der Waals surface area contributed by atoms with E-state index in [1.807, 2.05) is 11.4 Å². The first-order valence-electron chi connectivity index (χ1n) is 5.88. The largest absolute Gasteiger partial charge is 0.382 e. The van der Waals surface area contributed by atoms with Gasteiger partial charge in [0.2, 0.25) is 11.5 Å².